The minimum Gasteiger partial charge on any atom is -0.336 e. The van der Waals surface area contributed by atoms with Crippen LogP contribution in [-0.4, -0.2) is 45.7 Å². The molecule has 2 fully saturated rings. The monoisotopic (exact) mass is 290 g/mol. The molecule has 3 rings (SSSR count). The maximum Gasteiger partial charge on any atom is 0.0946 e. The van der Waals surface area contributed by atoms with Gasteiger partial charge in [0.2, 0.25) is 0 Å². The topological polar surface area (TPSA) is 33.1 Å². The van der Waals surface area contributed by atoms with Crippen molar-refractivity contribution in [2.75, 3.05) is 7.05 Å². The van der Waals surface area contributed by atoms with Gasteiger partial charge in [-0.2, -0.15) is 0 Å². The number of piperidine rings is 1. The first kappa shape index (κ1) is 15.0. The van der Waals surface area contributed by atoms with Crippen molar-refractivity contribution in [2.45, 2.75) is 77.2 Å². The third-order valence-electron chi connectivity index (χ3n) is 5.53. The van der Waals surface area contributed by atoms with E-state index in [4.69, 9.17) is 0 Å². The van der Waals surface area contributed by atoms with Gasteiger partial charge >= 0.3 is 0 Å². The summed E-state index contributed by atoms with van der Waals surface area (Å²) in [4.78, 5) is 6.79. The summed E-state index contributed by atoms with van der Waals surface area (Å²) in [6.45, 7) is 8.02. The number of nitrogens with zero attached hydrogens (tertiary/aromatic N) is 3. The Morgan fingerprint density at radius 1 is 1.24 bits per heavy atom. The van der Waals surface area contributed by atoms with E-state index in [0.717, 1.165) is 18.6 Å². The normalized spacial score (nSPS) is 31.5. The highest BCUT2D eigenvalue weighted by Gasteiger charge is 2.39. The van der Waals surface area contributed by atoms with Crippen molar-refractivity contribution in [1.29, 1.82) is 0 Å². The molecule has 118 valence electrons. The first-order valence-electron chi connectivity index (χ1n) is 8.37. The summed E-state index contributed by atoms with van der Waals surface area (Å²) in [7, 11) is 2.31. The standard InChI is InChI=1S/C17H30N4/c1-17(2,3)16(11-21-8-7-18-12-21)19-13-9-14-5-6-15(10-13)20(14)4/h7-8,12-16,19H,5-6,9-11H2,1-4H3. The van der Waals surface area contributed by atoms with E-state index >= 15 is 0 Å². The fourth-order valence-electron chi connectivity index (χ4n) is 4.01. The van der Waals surface area contributed by atoms with Gasteiger partial charge < -0.3 is 14.8 Å². The number of imidazole rings is 1. The zero-order chi connectivity index (χ0) is 15.0. The van der Waals surface area contributed by atoms with Crippen LogP contribution in [0.25, 0.3) is 0 Å². The van der Waals surface area contributed by atoms with Gasteiger partial charge in [-0.3, -0.25) is 0 Å². The Kier molecular flexibility index (Phi) is 4.10. The van der Waals surface area contributed by atoms with Crippen LogP contribution in [0.3, 0.4) is 0 Å². The van der Waals surface area contributed by atoms with Gasteiger partial charge in [-0.25, -0.2) is 4.98 Å². The van der Waals surface area contributed by atoms with Gasteiger partial charge in [0.05, 0.1) is 6.33 Å². The lowest BCUT2D eigenvalue weighted by Crippen LogP contribution is -2.53. The van der Waals surface area contributed by atoms with Gasteiger partial charge in [-0.05, 0) is 38.1 Å². The molecule has 21 heavy (non-hydrogen) atoms. The number of rotatable bonds is 4. The highest BCUT2D eigenvalue weighted by Crippen LogP contribution is 2.35. The largest absolute Gasteiger partial charge is 0.336 e. The van der Waals surface area contributed by atoms with Gasteiger partial charge in [0.25, 0.3) is 0 Å². The molecule has 0 amide bonds. The molecule has 4 heteroatoms. The van der Waals surface area contributed by atoms with Crippen molar-refractivity contribution in [1.82, 2.24) is 19.8 Å². The van der Waals surface area contributed by atoms with Gasteiger partial charge in [0.1, 0.15) is 0 Å². The average Bonchev–Trinajstić information content (AvgIpc) is 2.95. The number of aromatic nitrogens is 2. The summed E-state index contributed by atoms with van der Waals surface area (Å²) in [6, 6.07) is 2.76. The number of nitrogens with one attached hydrogen (secondary N) is 1. The molecule has 2 aliphatic rings. The summed E-state index contributed by atoms with van der Waals surface area (Å²) < 4.78 is 2.20. The molecular formula is C17H30N4. The van der Waals surface area contributed by atoms with Gasteiger partial charge in [0, 0.05) is 43.1 Å². The summed E-state index contributed by atoms with van der Waals surface area (Å²) in [5.74, 6) is 0. The Bertz CT molecular complexity index is 434. The average molecular weight is 290 g/mol. The molecule has 0 aromatic carbocycles. The Balaban J connectivity index is 1.65. The molecule has 3 atom stereocenters. The molecule has 2 aliphatic heterocycles. The number of fused-ring (bicyclic) bond motifs is 2. The van der Waals surface area contributed by atoms with E-state index in [0.29, 0.717) is 12.1 Å². The van der Waals surface area contributed by atoms with E-state index < -0.39 is 0 Å². The zero-order valence-electron chi connectivity index (χ0n) is 13.9. The minimum atomic E-state index is 0.257. The minimum absolute atomic E-state index is 0.257. The molecule has 3 unspecified atom stereocenters. The summed E-state index contributed by atoms with van der Waals surface area (Å²) in [5, 5.41) is 3.98. The molecule has 2 saturated heterocycles. The third kappa shape index (κ3) is 3.32. The highest BCUT2D eigenvalue weighted by atomic mass is 15.2. The van der Waals surface area contributed by atoms with Crippen LogP contribution in [0.15, 0.2) is 18.7 Å². The van der Waals surface area contributed by atoms with E-state index in [-0.39, 0.29) is 5.41 Å². The second-order valence-electron chi connectivity index (χ2n) is 8.06. The molecule has 0 aliphatic carbocycles. The fourth-order valence-corrected chi connectivity index (χ4v) is 4.01. The Morgan fingerprint density at radius 2 is 1.90 bits per heavy atom. The van der Waals surface area contributed by atoms with Crippen molar-refractivity contribution in [3.8, 4) is 0 Å². The van der Waals surface area contributed by atoms with Crippen molar-refractivity contribution in [2.24, 2.45) is 5.41 Å². The Labute approximate surface area is 128 Å². The van der Waals surface area contributed by atoms with Gasteiger partial charge in [-0.15, -0.1) is 0 Å². The lowest BCUT2D eigenvalue weighted by molar-refractivity contribution is 0.123. The molecule has 3 heterocycles. The molecule has 1 aromatic heterocycles. The summed E-state index contributed by atoms with van der Waals surface area (Å²) in [5.41, 5.74) is 0.257. The smallest absolute Gasteiger partial charge is 0.0946 e. The fraction of sp³-hybridized carbons (Fsp3) is 0.824. The van der Waals surface area contributed by atoms with E-state index in [1.165, 1.54) is 25.7 Å². The van der Waals surface area contributed by atoms with Gasteiger partial charge in [0.15, 0.2) is 0 Å². The Morgan fingerprint density at radius 3 is 2.43 bits per heavy atom. The molecule has 0 radical (unpaired) electrons. The van der Waals surface area contributed by atoms with Crippen LogP contribution < -0.4 is 5.32 Å². The van der Waals surface area contributed by atoms with Crippen LogP contribution in [0.1, 0.15) is 46.5 Å². The van der Waals surface area contributed by atoms with Crippen molar-refractivity contribution in [3.05, 3.63) is 18.7 Å². The lowest BCUT2D eigenvalue weighted by atomic mass is 9.85. The van der Waals surface area contributed by atoms with Crippen molar-refractivity contribution in [3.63, 3.8) is 0 Å². The number of hydrogen-bond donors (Lipinski definition) is 1. The molecule has 0 spiro atoms. The molecule has 0 saturated carbocycles. The highest BCUT2D eigenvalue weighted by molar-refractivity contribution is 4.98. The maximum atomic E-state index is 4.18. The van der Waals surface area contributed by atoms with Crippen LogP contribution in [0.2, 0.25) is 0 Å². The van der Waals surface area contributed by atoms with Crippen LogP contribution in [-0.2, 0) is 6.54 Å². The van der Waals surface area contributed by atoms with Crippen LogP contribution in [0, 0.1) is 5.41 Å². The first-order valence-corrected chi connectivity index (χ1v) is 8.37. The number of hydrogen-bond acceptors (Lipinski definition) is 3. The van der Waals surface area contributed by atoms with E-state index in [1.54, 1.807) is 0 Å². The summed E-state index contributed by atoms with van der Waals surface area (Å²) >= 11 is 0. The maximum absolute atomic E-state index is 4.18. The predicted octanol–water partition coefficient (Wildman–Crippen LogP) is 2.51. The zero-order valence-corrected chi connectivity index (χ0v) is 13.9. The molecule has 2 bridgehead atoms. The quantitative estimate of drug-likeness (QED) is 0.925. The Hall–Kier alpha value is -0.870. The van der Waals surface area contributed by atoms with Crippen LogP contribution in [0.4, 0.5) is 0 Å². The second kappa shape index (κ2) is 5.73. The SMILES string of the molecule is CN1C2CCC1CC(NC(Cn1ccnc1)C(C)(C)C)C2. The lowest BCUT2D eigenvalue weighted by Gasteiger charge is -2.41. The molecular weight excluding hydrogens is 260 g/mol. The van der Waals surface area contributed by atoms with Crippen molar-refractivity contribution >= 4 is 0 Å². The van der Waals surface area contributed by atoms with Crippen molar-refractivity contribution < 1.29 is 0 Å². The van der Waals surface area contributed by atoms with E-state index in [2.05, 4.69) is 53.8 Å². The van der Waals surface area contributed by atoms with E-state index in [9.17, 15) is 0 Å². The molecule has 1 aromatic rings. The second-order valence-corrected chi connectivity index (χ2v) is 8.06. The van der Waals surface area contributed by atoms with Gasteiger partial charge in [-0.1, -0.05) is 20.8 Å². The summed E-state index contributed by atoms with van der Waals surface area (Å²) in [6.07, 6.45) is 11.3. The first-order chi connectivity index (χ1) is 9.93. The predicted molar refractivity (Wildman–Crippen MR) is 86.2 cm³/mol. The van der Waals surface area contributed by atoms with E-state index in [1.807, 2.05) is 12.5 Å². The van der Waals surface area contributed by atoms with Crippen LogP contribution >= 0.6 is 0 Å². The molecule has 4 nitrogen and oxygen atoms in total. The third-order valence-corrected chi connectivity index (χ3v) is 5.53. The van der Waals surface area contributed by atoms with Crippen LogP contribution in [0.5, 0.6) is 0 Å². The molecule has 1 N–H and O–H groups in total.